The summed E-state index contributed by atoms with van der Waals surface area (Å²) < 4.78 is 12.1. The molecule has 0 radical (unpaired) electrons. The zero-order valence-corrected chi connectivity index (χ0v) is 17.0. The number of furan rings is 1. The molecule has 1 aromatic heterocycles. The van der Waals surface area contributed by atoms with E-state index in [2.05, 4.69) is 27.3 Å². The molecule has 1 aliphatic heterocycles. The highest BCUT2D eigenvalue weighted by Gasteiger charge is 2.23. The number of fused-ring (bicyclic) bond motifs is 1. The van der Waals surface area contributed by atoms with E-state index in [0.717, 1.165) is 68.7 Å². The van der Waals surface area contributed by atoms with Gasteiger partial charge in [-0.1, -0.05) is 31.0 Å². The minimum absolute atomic E-state index is 0.422. The van der Waals surface area contributed by atoms with Gasteiger partial charge in [0.15, 0.2) is 5.96 Å². The lowest BCUT2D eigenvalue weighted by molar-refractivity contribution is 0.00103. The van der Waals surface area contributed by atoms with Crippen LogP contribution >= 0.6 is 0 Å². The molecule has 5 nitrogen and oxygen atoms in total. The van der Waals surface area contributed by atoms with Crippen LogP contribution in [0.2, 0.25) is 0 Å². The number of nitrogens with one attached hydrogen (secondary N) is 1. The SMILES string of the molecule is CN=C(NCCc1cc2ccccc2o1)N1CCC(OCC2CCCC2)CC1. The minimum Gasteiger partial charge on any atom is -0.461 e. The fourth-order valence-electron chi connectivity index (χ4n) is 4.47. The van der Waals surface area contributed by atoms with Gasteiger partial charge >= 0.3 is 0 Å². The van der Waals surface area contributed by atoms with Gasteiger partial charge in [0.25, 0.3) is 0 Å². The predicted molar refractivity (Wildman–Crippen MR) is 114 cm³/mol. The summed E-state index contributed by atoms with van der Waals surface area (Å²) in [6.07, 6.45) is 8.97. The zero-order valence-electron chi connectivity index (χ0n) is 17.0. The van der Waals surface area contributed by atoms with Crippen molar-refractivity contribution in [2.75, 3.05) is 33.3 Å². The summed E-state index contributed by atoms with van der Waals surface area (Å²) in [5.74, 6) is 2.82. The van der Waals surface area contributed by atoms with Gasteiger partial charge in [-0.15, -0.1) is 0 Å². The standard InChI is InChI=1S/C23H33N3O2/c1-24-23(25-13-10-21-16-19-8-4-5-9-22(19)28-21)26-14-11-20(12-15-26)27-17-18-6-2-3-7-18/h4-5,8-9,16,18,20H,2-3,6-7,10-15,17H2,1H3,(H,24,25). The number of aliphatic imine (C=N–C) groups is 1. The minimum atomic E-state index is 0.422. The topological polar surface area (TPSA) is 50.0 Å². The van der Waals surface area contributed by atoms with Gasteiger partial charge in [-0.2, -0.15) is 0 Å². The molecular formula is C23H33N3O2. The second-order valence-corrected chi connectivity index (χ2v) is 8.14. The fourth-order valence-corrected chi connectivity index (χ4v) is 4.47. The molecule has 152 valence electrons. The molecule has 1 saturated carbocycles. The van der Waals surface area contributed by atoms with Gasteiger partial charge < -0.3 is 19.4 Å². The fraction of sp³-hybridized carbons (Fsp3) is 0.609. The van der Waals surface area contributed by atoms with Gasteiger partial charge in [0.05, 0.1) is 6.10 Å². The maximum absolute atomic E-state index is 6.20. The number of guanidine groups is 1. The van der Waals surface area contributed by atoms with E-state index < -0.39 is 0 Å². The molecule has 2 fully saturated rings. The van der Waals surface area contributed by atoms with E-state index in [9.17, 15) is 0 Å². The van der Waals surface area contributed by atoms with Crippen LogP contribution in [0.1, 0.15) is 44.3 Å². The lowest BCUT2D eigenvalue weighted by Gasteiger charge is -2.34. The van der Waals surface area contributed by atoms with Crippen LogP contribution in [0, 0.1) is 5.92 Å². The number of nitrogens with zero attached hydrogens (tertiary/aromatic N) is 2. The Morgan fingerprint density at radius 1 is 1.18 bits per heavy atom. The Hall–Kier alpha value is -2.01. The molecule has 0 spiro atoms. The molecule has 28 heavy (non-hydrogen) atoms. The lowest BCUT2D eigenvalue weighted by atomic mass is 10.1. The highest BCUT2D eigenvalue weighted by Crippen LogP contribution is 2.26. The van der Waals surface area contributed by atoms with E-state index in [4.69, 9.17) is 9.15 Å². The van der Waals surface area contributed by atoms with Crippen LogP contribution < -0.4 is 5.32 Å². The van der Waals surface area contributed by atoms with Crippen molar-refractivity contribution in [2.45, 2.75) is 51.0 Å². The van der Waals surface area contributed by atoms with Crippen molar-refractivity contribution in [1.29, 1.82) is 0 Å². The number of ether oxygens (including phenoxy) is 1. The zero-order chi connectivity index (χ0) is 19.2. The van der Waals surface area contributed by atoms with E-state index in [0.29, 0.717) is 6.10 Å². The molecule has 0 bridgehead atoms. The Bertz CT molecular complexity index is 738. The summed E-state index contributed by atoms with van der Waals surface area (Å²) in [7, 11) is 1.87. The van der Waals surface area contributed by atoms with Crippen LogP contribution in [-0.4, -0.2) is 50.3 Å². The van der Waals surface area contributed by atoms with E-state index >= 15 is 0 Å². The van der Waals surface area contributed by atoms with Crippen LogP contribution in [0.5, 0.6) is 0 Å². The van der Waals surface area contributed by atoms with Crippen LogP contribution in [0.3, 0.4) is 0 Å². The molecule has 2 heterocycles. The molecule has 1 saturated heterocycles. The maximum Gasteiger partial charge on any atom is 0.193 e. The van der Waals surface area contributed by atoms with Gasteiger partial charge in [0.1, 0.15) is 11.3 Å². The Morgan fingerprint density at radius 2 is 1.96 bits per heavy atom. The maximum atomic E-state index is 6.20. The largest absolute Gasteiger partial charge is 0.461 e. The normalized spacial score (nSPS) is 19.6. The number of piperidine rings is 1. The number of para-hydroxylation sites is 1. The van der Waals surface area contributed by atoms with Gasteiger partial charge in [0, 0.05) is 45.1 Å². The summed E-state index contributed by atoms with van der Waals surface area (Å²) >= 11 is 0. The van der Waals surface area contributed by atoms with Crippen molar-refractivity contribution < 1.29 is 9.15 Å². The first-order chi connectivity index (χ1) is 13.8. The number of likely N-dealkylation sites (tertiary alicyclic amines) is 1. The second-order valence-electron chi connectivity index (χ2n) is 8.14. The number of hydrogen-bond donors (Lipinski definition) is 1. The first-order valence-corrected chi connectivity index (χ1v) is 10.9. The monoisotopic (exact) mass is 383 g/mol. The molecule has 2 aliphatic rings. The van der Waals surface area contributed by atoms with Crippen molar-refractivity contribution in [3.05, 3.63) is 36.1 Å². The molecule has 0 atom stereocenters. The summed E-state index contributed by atoms with van der Waals surface area (Å²) in [5.41, 5.74) is 0.960. The van der Waals surface area contributed by atoms with Crippen LogP contribution in [0.4, 0.5) is 0 Å². The first-order valence-electron chi connectivity index (χ1n) is 10.9. The van der Waals surface area contributed by atoms with Gasteiger partial charge in [-0.05, 0) is 43.7 Å². The summed E-state index contributed by atoms with van der Waals surface area (Å²) in [6, 6.07) is 10.3. The smallest absolute Gasteiger partial charge is 0.193 e. The molecule has 1 aromatic carbocycles. The quantitative estimate of drug-likeness (QED) is 0.599. The average molecular weight is 384 g/mol. The van der Waals surface area contributed by atoms with Gasteiger partial charge in [-0.3, -0.25) is 4.99 Å². The second kappa shape index (κ2) is 9.46. The molecule has 1 N–H and O–H groups in total. The third-order valence-electron chi connectivity index (χ3n) is 6.13. The van der Waals surface area contributed by atoms with E-state index in [1.54, 1.807) is 0 Å². The van der Waals surface area contributed by atoms with E-state index in [1.807, 2.05) is 25.2 Å². The first kappa shape index (κ1) is 19.3. The van der Waals surface area contributed by atoms with Crippen LogP contribution in [0.25, 0.3) is 11.0 Å². The number of hydrogen-bond acceptors (Lipinski definition) is 3. The van der Waals surface area contributed by atoms with Crippen molar-refractivity contribution >= 4 is 16.9 Å². The predicted octanol–water partition coefficient (Wildman–Crippen LogP) is 4.22. The van der Waals surface area contributed by atoms with Crippen LogP contribution in [-0.2, 0) is 11.2 Å². The van der Waals surface area contributed by atoms with Gasteiger partial charge in [0.2, 0.25) is 0 Å². The molecule has 0 unspecified atom stereocenters. The summed E-state index contributed by atoms with van der Waals surface area (Å²) in [6.45, 7) is 3.82. The van der Waals surface area contributed by atoms with E-state index in [1.165, 1.54) is 31.1 Å². The highest BCUT2D eigenvalue weighted by atomic mass is 16.5. The Kier molecular flexibility index (Phi) is 6.53. The summed E-state index contributed by atoms with van der Waals surface area (Å²) in [4.78, 5) is 6.83. The summed E-state index contributed by atoms with van der Waals surface area (Å²) in [5, 5.41) is 4.67. The van der Waals surface area contributed by atoms with Crippen molar-refractivity contribution in [3.8, 4) is 0 Å². The molecule has 1 aliphatic carbocycles. The highest BCUT2D eigenvalue weighted by molar-refractivity contribution is 5.80. The molecular weight excluding hydrogens is 350 g/mol. The Morgan fingerprint density at radius 3 is 2.71 bits per heavy atom. The molecule has 4 rings (SSSR count). The molecule has 0 amide bonds. The van der Waals surface area contributed by atoms with Crippen molar-refractivity contribution in [1.82, 2.24) is 10.2 Å². The molecule has 2 aromatic rings. The van der Waals surface area contributed by atoms with Crippen molar-refractivity contribution in [2.24, 2.45) is 10.9 Å². The number of benzene rings is 1. The van der Waals surface area contributed by atoms with Crippen LogP contribution in [0.15, 0.2) is 39.7 Å². The lowest BCUT2D eigenvalue weighted by Crippen LogP contribution is -2.47. The Balaban J connectivity index is 1.19. The van der Waals surface area contributed by atoms with Gasteiger partial charge in [-0.25, -0.2) is 0 Å². The third-order valence-corrected chi connectivity index (χ3v) is 6.13. The molecule has 5 heteroatoms. The van der Waals surface area contributed by atoms with Crippen molar-refractivity contribution in [3.63, 3.8) is 0 Å². The average Bonchev–Trinajstić information content (AvgIpc) is 3.39. The Labute approximate surface area is 168 Å². The van der Waals surface area contributed by atoms with E-state index in [-0.39, 0.29) is 0 Å². The third kappa shape index (κ3) is 4.88. The number of rotatable bonds is 6.